The van der Waals surface area contributed by atoms with E-state index in [0.717, 1.165) is 5.56 Å². The number of rotatable bonds is 3. The number of amides is 1. The van der Waals surface area contributed by atoms with Gasteiger partial charge in [0.25, 0.3) is 5.91 Å². The molecule has 122 valence electrons. The molecule has 1 aliphatic heterocycles. The summed E-state index contributed by atoms with van der Waals surface area (Å²) in [4.78, 5) is 14.4. The topological polar surface area (TPSA) is 38.8 Å². The quantitative estimate of drug-likeness (QED) is 0.730. The first kappa shape index (κ1) is 15.0. The van der Waals surface area contributed by atoms with Crippen molar-refractivity contribution < 1.29 is 14.3 Å². The van der Waals surface area contributed by atoms with E-state index >= 15 is 0 Å². The highest BCUT2D eigenvalue weighted by Gasteiger charge is 2.29. The minimum Gasteiger partial charge on any atom is -0.485 e. The van der Waals surface area contributed by atoms with Gasteiger partial charge in [-0.1, -0.05) is 30.3 Å². The van der Waals surface area contributed by atoms with Gasteiger partial charge >= 0.3 is 0 Å². The van der Waals surface area contributed by atoms with Crippen molar-refractivity contribution in [3.63, 3.8) is 0 Å². The molecule has 0 saturated carbocycles. The molecular weight excluding hydrogens is 322 g/mol. The highest BCUT2D eigenvalue weighted by molar-refractivity contribution is 7.17. The number of fused-ring (bicyclic) bond motifs is 2. The number of likely N-dealkylation sites (N-methyl/N-ethyl adjacent to an activating group) is 1. The molecule has 2 heterocycles. The SMILES string of the molecule is CN(Cc1csc2ccccc12)C(=O)C1COc2ccccc2O1. The second-order valence-corrected chi connectivity index (χ2v) is 6.73. The molecular formula is C19H17NO3S. The highest BCUT2D eigenvalue weighted by Crippen LogP contribution is 2.31. The Kier molecular flexibility index (Phi) is 3.86. The van der Waals surface area contributed by atoms with E-state index < -0.39 is 6.10 Å². The number of carbonyl (C=O) groups excluding carboxylic acids is 1. The van der Waals surface area contributed by atoms with Crippen molar-refractivity contribution in [1.82, 2.24) is 4.90 Å². The zero-order valence-corrected chi connectivity index (χ0v) is 14.1. The first-order chi connectivity index (χ1) is 11.7. The van der Waals surface area contributed by atoms with Crippen LogP contribution in [0.15, 0.2) is 53.9 Å². The standard InChI is InChI=1S/C19H17NO3S/c1-20(10-13-12-24-18-9-5-2-6-14(13)18)19(21)17-11-22-15-7-3-4-8-16(15)23-17/h2-9,12,17H,10-11H2,1H3. The van der Waals surface area contributed by atoms with Gasteiger partial charge in [-0.25, -0.2) is 0 Å². The Morgan fingerprint density at radius 1 is 1.17 bits per heavy atom. The van der Waals surface area contributed by atoms with Crippen molar-refractivity contribution in [1.29, 1.82) is 0 Å². The van der Waals surface area contributed by atoms with Crippen LogP contribution in [0.2, 0.25) is 0 Å². The van der Waals surface area contributed by atoms with Crippen LogP contribution in [0.1, 0.15) is 5.56 Å². The van der Waals surface area contributed by atoms with Crippen LogP contribution >= 0.6 is 11.3 Å². The van der Waals surface area contributed by atoms with Crippen LogP contribution in [0.25, 0.3) is 10.1 Å². The maximum Gasteiger partial charge on any atom is 0.267 e. The number of thiophene rings is 1. The Labute approximate surface area is 144 Å². The summed E-state index contributed by atoms with van der Waals surface area (Å²) in [6, 6.07) is 15.7. The third kappa shape index (κ3) is 2.71. The van der Waals surface area contributed by atoms with Gasteiger partial charge in [0.1, 0.15) is 6.61 Å². The Hall–Kier alpha value is -2.53. The van der Waals surface area contributed by atoms with Gasteiger partial charge in [0.05, 0.1) is 0 Å². The fraction of sp³-hybridized carbons (Fsp3) is 0.211. The summed E-state index contributed by atoms with van der Waals surface area (Å²) in [7, 11) is 1.80. The van der Waals surface area contributed by atoms with Gasteiger partial charge in [-0.15, -0.1) is 11.3 Å². The molecule has 1 atom stereocenters. The Balaban J connectivity index is 1.49. The molecule has 1 amide bonds. The third-order valence-corrected chi connectivity index (χ3v) is 5.14. The van der Waals surface area contributed by atoms with Gasteiger partial charge in [-0.05, 0) is 34.5 Å². The van der Waals surface area contributed by atoms with Crippen LogP contribution in [0, 0.1) is 0 Å². The van der Waals surface area contributed by atoms with Crippen molar-refractivity contribution in [2.45, 2.75) is 12.6 Å². The number of carbonyl (C=O) groups is 1. The fourth-order valence-electron chi connectivity index (χ4n) is 2.88. The van der Waals surface area contributed by atoms with Gasteiger partial charge in [-0.3, -0.25) is 4.79 Å². The molecule has 0 saturated heterocycles. The van der Waals surface area contributed by atoms with E-state index in [1.165, 1.54) is 10.1 Å². The first-order valence-electron chi connectivity index (χ1n) is 7.81. The molecule has 0 spiro atoms. The van der Waals surface area contributed by atoms with Gasteiger partial charge < -0.3 is 14.4 Å². The molecule has 1 aromatic heterocycles. The Bertz CT molecular complexity index is 889. The summed E-state index contributed by atoms with van der Waals surface area (Å²) in [5.41, 5.74) is 1.16. The molecule has 1 aliphatic rings. The third-order valence-electron chi connectivity index (χ3n) is 4.13. The zero-order valence-electron chi connectivity index (χ0n) is 13.3. The summed E-state index contributed by atoms with van der Waals surface area (Å²) in [5, 5.41) is 3.32. The van der Waals surface area contributed by atoms with Crippen LogP contribution in [-0.2, 0) is 11.3 Å². The maximum absolute atomic E-state index is 12.7. The molecule has 0 bridgehead atoms. The molecule has 0 N–H and O–H groups in total. The smallest absolute Gasteiger partial charge is 0.267 e. The second kappa shape index (κ2) is 6.17. The van der Waals surface area contributed by atoms with Crippen molar-refractivity contribution in [2.24, 2.45) is 0 Å². The van der Waals surface area contributed by atoms with E-state index in [-0.39, 0.29) is 12.5 Å². The van der Waals surface area contributed by atoms with Crippen molar-refractivity contribution in [2.75, 3.05) is 13.7 Å². The van der Waals surface area contributed by atoms with Crippen molar-refractivity contribution in [3.05, 3.63) is 59.5 Å². The number of para-hydroxylation sites is 2. The lowest BCUT2D eigenvalue weighted by Crippen LogP contribution is -2.44. The van der Waals surface area contributed by atoms with Gasteiger partial charge in [0.15, 0.2) is 11.5 Å². The maximum atomic E-state index is 12.7. The van der Waals surface area contributed by atoms with Gasteiger partial charge in [-0.2, -0.15) is 0 Å². The summed E-state index contributed by atoms with van der Waals surface area (Å²) >= 11 is 1.70. The minimum atomic E-state index is -0.602. The fourth-order valence-corrected chi connectivity index (χ4v) is 3.83. The number of ether oxygens (including phenoxy) is 2. The van der Waals surface area contributed by atoms with Crippen molar-refractivity contribution >= 4 is 27.3 Å². The molecule has 0 aliphatic carbocycles. The minimum absolute atomic E-state index is 0.0696. The number of benzene rings is 2. The lowest BCUT2D eigenvalue weighted by atomic mass is 10.1. The summed E-state index contributed by atoms with van der Waals surface area (Å²) in [5.74, 6) is 1.24. The Morgan fingerprint density at radius 3 is 2.79 bits per heavy atom. The lowest BCUT2D eigenvalue weighted by Gasteiger charge is -2.28. The number of hydrogen-bond acceptors (Lipinski definition) is 4. The number of nitrogens with zero attached hydrogens (tertiary/aromatic N) is 1. The molecule has 5 heteroatoms. The van der Waals surface area contributed by atoms with Crippen molar-refractivity contribution in [3.8, 4) is 11.5 Å². The average molecular weight is 339 g/mol. The molecule has 0 fully saturated rings. The molecule has 24 heavy (non-hydrogen) atoms. The van der Waals surface area contributed by atoms with E-state index in [1.54, 1.807) is 23.3 Å². The van der Waals surface area contributed by atoms with E-state index in [1.807, 2.05) is 36.4 Å². The lowest BCUT2D eigenvalue weighted by molar-refractivity contribution is -0.140. The molecule has 0 radical (unpaired) electrons. The second-order valence-electron chi connectivity index (χ2n) is 5.82. The number of hydrogen-bond donors (Lipinski definition) is 0. The van der Waals surface area contributed by atoms with E-state index in [9.17, 15) is 4.79 Å². The normalized spacial score (nSPS) is 16.1. The summed E-state index contributed by atoms with van der Waals surface area (Å²) < 4.78 is 12.7. The van der Waals surface area contributed by atoms with Crippen LogP contribution < -0.4 is 9.47 Å². The predicted octanol–water partition coefficient (Wildman–Crippen LogP) is 3.70. The summed E-state index contributed by atoms with van der Waals surface area (Å²) in [6.45, 7) is 0.801. The molecule has 2 aromatic carbocycles. The van der Waals surface area contributed by atoms with Crippen LogP contribution in [0.4, 0.5) is 0 Å². The van der Waals surface area contributed by atoms with Gasteiger partial charge in [0.2, 0.25) is 6.10 Å². The van der Waals surface area contributed by atoms with E-state index in [0.29, 0.717) is 18.0 Å². The van der Waals surface area contributed by atoms with Crippen LogP contribution in [0.3, 0.4) is 0 Å². The van der Waals surface area contributed by atoms with Crippen LogP contribution in [-0.4, -0.2) is 30.6 Å². The predicted molar refractivity (Wildman–Crippen MR) is 94.7 cm³/mol. The molecule has 1 unspecified atom stereocenters. The first-order valence-corrected chi connectivity index (χ1v) is 8.69. The van der Waals surface area contributed by atoms with E-state index in [2.05, 4.69) is 17.5 Å². The largest absolute Gasteiger partial charge is 0.485 e. The molecule has 4 rings (SSSR count). The average Bonchev–Trinajstić information content (AvgIpc) is 3.03. The van der Waals surface area contributed by atoms with E-state index in [4.69, 9.17) is 9.47 Å². The monoisotopic (exact) mass is 339 g/mol. The molecule has 4 nitrogen and oxygen atoms in total. The Morgan fingerprint density at radius 2 is 1.92 bits per heavy atom. The van der Waals surface area contributed by atoms with Gasteiger partial charge in [0, 0.05) is 18.3 Å². The van der Waals surface area contributed by atoms with Crippen LogP contribution in [0.5, 0.6) is 11.5 Å². The zero-order chi connectivity index (χ0) is 16.5. The summed E-state index contributed by atoms with van der Waals surface area (Å²) in [6.07, 6.45) is -0.602. The highest BCUT2D eigenvalue weighted by atomic mass is 32.1. The molecule has 3 aromatic rings.